The molecule has 1 heterocycles. The SMILES string of the molecule is N#Cc1cnc2ccccc2c1Oc1cc(Cl)ccc1N. The number of hydrogen-bond acceptors (Lipinski definition) is 4. The largest absolute Gasteiger partial charge is 0.453 e. The van der Waals surface area contributed by atoms with Gasteiger partial charge in [-0.05, 0) is 24.3 Å². The van der Waals surface area contributed by atoms with E-state index < -0.39 is 0 Å². The fourth-order valence-corrected chi connectivity index (χ4v) is 2.17. The first kappa shape index (κ1) is 13.2. The van der Waals surface area contributed by atoms with Gasteiger partial charge in [0.15, 0.2) is 11.5 Å². The van der Waals surface area contributed by atoms with Gasteiger partial charge in [0.25, 0.3) is 0 Å². The summed E-state index contributed by atoms with van der Waals surface area (Å²) in [7, 11) is 0. The predicted octanol–water partition coefficient (Wildman–Crippen LogP) is 4.13. The van der Waals surface area contributed by atoms with Gasteiger partial charge in [-0.2, -0.15) is 5.26 Å². The van der Waals surface area contributed by atoms with Crippen molar-refractivity contribution in [2.24, 2.45) is 0 Å². The maximum absolute atomic E-state index is 9.25. The number of nitriles is 1. The van der Waals surface area contributed by atoms with Crippen LogP contribution in [-0.4, -0.2) is 4.98 Å². The number of rotatable bonds is 2. The Morgan fingerprint density at radius 3 is 2.81 bits per heavy atom. The Balaban J connectivity index is 2.19. The number of halogens is 1. The van der Waals surface area contributed by atoms with Crippen molar-refractivity contribution in [1.29, 1.82) is 5.26 Å². The summed E-state index contributed by atoms with van der Waals surface area (Å²) in [5.41, 5.74) is 7.42. The van der Waals surface area contributed by atoms with Crippen molar-refractivity contribution in [3.8, 4) is 17.6 Å². The molecule has 102 valence electrons. The molecule has 5 heteroatoms. The molecule has 0 amide bonds. The summed E-state index contributed by atoms with van der Waals surface area (Å²) in [6.07, 6.45) is 1.48. The predicted molar refractivity (Wildman–Crippen MR) is 82.4 cm³/mol. The molecule has 0 saturated carbocycles. The molecule has 0 radical (unpaired) electrons. The van der Waals surface area contributed by atoms with Crippen LogP contribution in [0, 0.1) is 11.3 Å². The molecule has 3 aromatic rings. The smallest absolute Gasteiger partial charge is 0.156 e. The van der Waals surface area contributed by atoms with Crippen molar-refractivity contribution in [2.75, 3.05) is 5.73 Å². The Bertz CT molecular complexity index is 871. The number of pyridine rings is 1. The van der Waals surface area contributed by atoms with Crippen molar-refractivity contribution in [2.45, 2.75) is 0 Å². The van der Waals surface area contributed by atoms with Crippen molar-refractivity contribution < 1.29 is 4.74 Å². The van der Waals surface area contributed by atoms with Gasteiger partial charge in [0.2, 0.25) is 0 Å². The highest BCUT2D eigenvalue weighted by atomic mass is 35.5. The normalized spacial score (nSPS) is 10.3. The maximum Gasteiger partial charge on any atom is 0.156 e. The van der Waals surface area contributed by atoms with Crippen molar-refractivity contribution in [3.05, 3.63) is 59.2 Å². The fraction of sp³-hybridized carbons (Fsp3) is 0. The van der Waals surface area contributed by atoms with Gasteiger partial charge in [0.1, 0.15) is 11.6 Å². The van der Waals surface area contributed by atoms with Gasteiger partial charge in [-0.1, -0.05) is 23.7 Å². The molecule has 0 unspecified atom stereocenters. The number of nitrogen functional groups attached to an aromatic ring is 1. The highest BCUT2D eigenvalue weighted by Crippen LogP contribution is 2.35. The molecule has 2 aromatic carbocycles. The zero-order chi connectivity index (χ0) is 14.8. The summed E-state index contributed by atoms with van der Waals surface area (Å²) >= 11 is 5.96. The molecule has 0 spiro atoms. The van der Waals surface area contributed by atoms with Crippen molar-refractivity contribution in [1.82, 2.24) is 4.98 Å². The van der Waals surface area contributed by atoms with E-state index in [-0.39, 0.29) is 0 Å². The van der Waals surface area contributed by atoms with Crippen molar-refractivity contribution >= 4 is 28.2 Å². The Kier molecular flexibility index (Phi) is 3.35. The van der Waals surface area contributed by atoms with E-state index in [4.69, 9.17) is 22.1 Å². The number of para-hydroxylation sites is 1. The summed E-state index contributed by atoms with van der Waals surface area (Å²) in [4.78, 5) is 4.23. The first-order valence-electron chi connectivity index (χ1n) is 6.20. The summed E-state index contributed by atoms with van der Waals surface area (Å²) in [6.45, 7) is 0. The van der Waals surface area contributed by atoms with Crippen LogP contribution in [0.4, 0.5) is 5.69 Å². The van der Waals surface area contributed by atoms with E-state index in [0.29, 0.717) is 27.8 Å². The lowest BCUT2D eigenvalue weighted by atomic mass is 10.1. The van der Waals surface area contributed by atoms with Gasteiger partial charge in [-0.3, -0.25) is 4.98 Å². The summed E-state index contributed by atoms with van der Waals surface area (Å²) in [5.74, 6) is 0.840. The molecule has 0 fully saturated rings. The van der Waals surface area contributed by atoms with Crippen LogP contribution in [0.3, 0.4) is 0 Å². The van der Waals surface area contributed by atoms with Crippen LogP contribution in [0.1, 0.15) is 5.56 Å². The first-order chi connectivity index (χ1) is 10.2. The van der Waals surface area contributed by atoms with Gasteiger partial charge in [0.05, 0.1) is 11.2 Å². The Morgan fingerprint density at radius 2 is 2.00 bits per heavy atom. The Hall–Kier alpha value is -2.77. The number of benzene rings is 2. The third-order valence-corrected chi connectivity index (χ3v) is 3.27. The molecule has 0 aliphatic carbocycles. The van der Waals surface area contributed by atoms with E-state index >= 15 is 0 Å². The summed E-state index contributed by atoms with van der Waals surface area (Å²) < 4.78 is 5.85. The minimum absolute atomic E-state index is 0.341. The number of ether oxygens (including phenoxy) is 1. The van der Waals surface area contributed by atoms with Gasteiger partial charge in [0, 0.05) is 22.7 Å². The Morgan fingerprint density at radius 1 is 1.19 bits per heavy atom. The molecule has 0 atom stereocenters. The zero-order valence-corrected chi connectivity index (χ0v) is 11.6. The second-order valence-electron chi connectivity index (χ2n) is 4.41. The quantitative estimate of drug-likeness (QED) is 0.721. The molecule has 4 nitrogen and oxygen atoms in total. The summed E-state index contributed by atoms with van der Waals surface area (Å²) in [6, 6.07) is 14.5. The molecule has 1 aromatic heterocycles. The van der Waals surface area contributed by atoms with Crippen LogP contribution in [0.15, 0.2) is 48.7 Å². The second kappa shape index (κ2) is 5.31. The number of nitrogens with zero attached hydrogens (tertiary/aromatic N) is 2. The minimum atomic E-state index is 0.341. The van der Waals surface area contributed by atoms with Gasteiger partial charge < -0.3 is 10.5 Å². The van der Waals surface area contributed by atoms with Crippen molar-refractivity contribution in [3.63, 3.8) is 0 Å². The lowest BCUT2D eigenvalue weighted by Crippen LogP contribution is -1.95. The number of aromatic nitrogens is 1. The molecule has 0 aliphatic rings. The van der Waals surface area contributed by atoms with E-state index in [0.717, 1.165) is 10.9 Å². The fourth-order valence-electron chi connectivity index (χ4n) is 2.01. The van der Waals surface area contributed by atoms with E-state index in [1.165, 1.54) is 6.20 Å². The highest BCUT2D eigenvalue weighted by Gasteiger charge is 2.12. The zero-order valence-electron chi connectivity index (χ0n) is 10.9. The molecule has 0 aliphatic heterocycles. The van der Waals surface area contributed by atoms with Crippen LogP contribution < -0.4 is 10.5 Å². The number of fused-ring (bicyclic) bond motifs is 1. The van der Waals surface area contributed by atoms with E-state index in [9.17, 15) is 5.26 Å². The molecule has 0 bridgehead atoms. The lowest BCUT2D eigenvalue weighted by molar-refractivity contribution is 0.489. The lowest BCUT2D eigenvalue weighted by Gasteiger charge is -2.12. The van der Waals surface area contributed by atoms with Gasteiger partial charge in [-0.25, -0.2) is 0 Å². The standard InChI is InChI=1S/C16H10ClN3O/c17-11-5-6-13(19)15(7-11)21-16-10(8-18)9-20-14-4-2-1-3-12(14)16/h1-7,9H,19H2. The maximum atomic E-state index is 9.25. The topological polar surface area (TPSA) is 71.9 Å². The number of hydrogen-bond donors (Lipinski definition) is 1. The van der Waals surface area contributed by atoms with Gasteiger partial charge >= 0.3 is 0 Å². The number of anilines is 1. The number of nitrogens with two attached hydrogens (primary N) is 1. The van der Waals surface area contributed by atoms with Crippen LogP contribution >= 0.6 is 11.6 Å². The molecule has 2 N–H and O–H groups in total. The highest BCUT2D eigenvalue weighted by molar-refractivity contribution is 6.30. The molecule has 21 heavy (non-hydrogen) atoms. The van der Waals surface area contributed by atoms with Crippen LogP contribution in [-0.2, 0) is 0 Å². The van der Waals surface area contributed by atoms with E-state index in [2.05, 4.69) is 11.1 Å². The van der Waals surface area contributed by atoms with Crippen LogP contribution in [0.5, 0.6) is 11.5 Å². The Labute approximate surface area is 126 Å². The van der Waals surface area contributed by atoms with E-state index in [1.807, 2.05) is 24.3 Å². The van der Waals surface area contributed by atoms with Crippen LogP contribution in [0.2, 0.25) is 5.02 Å². The monoisotopic (exact) mass is 295 g/mol. The summed E-state index contributed by atoms with van der Waals surface area (Å²) in [5, 5.41) is 10.5. The average Bonchev–Trinajstić information content (AvgIpc) is 2.51. The third-order valence-electron chi connectivity index (χ3n) is 3.03. The molecule has 3 rings (SSSR count). The minimum Gasteiger partial charge on any atom is -0.453 e. The van der Waals surface area contributed by atoms with Crippen LogP contribution in [0.25, 0.3) is 10.9 Å². The first-order valence-corrected chi connectivity index (χ1v) is 6.57. The van der Waals surface area contributed by atoms with Gasteiger partial charge in [-0.15, -0.1) is 0 Å². The van der Waals surface area contributed by atoms with E-state index in [1.54, 1.807) is 18.2 Å². The average molecular weight is 296 g/mol. The molecular weight excluding hydrogens is 286 g/mol. The molecular formula is C16H10ClN3O. The second-order valence-corrected chi connectivity index (χ2v) is 4.85. The third kappa shape index (κ3) is 2.47. The molecule has 0 saturated heterocycles.